The summed E-state index contributed by atoms with van der Waals surface area (Å²) < 4.78 is 12.6. The van der Waals surface area contributed by atoms with Crippen molar-refractivity contribution in [1.82, 2.24) is 30.1 Å². The molecule has 0 spiro atoms. The van der Waals surface area contributed by atoms with E-state index >= 15 is 0 Å². The van der Waals surface area contributed by atoms with Crippen molar-refractivity contribution in [2.24, 2.45) is 5.92 Å². The van der Waals surface area contributed by atoms with Crippen LogP contribution in [-0.2, 0) is 44.3 Å². The summed E-state index contributed by atoms with van der Waals surface area (Å²) >= 11 is 0. The van der Waals surface area contributed by atoms with Gasteiger partial charge >= 0.3 is 13.1 Å². The lowest BCUT2D eigenvalue weighted by Crippen LogP contribution is -2.58. The minimum atomic E-state index is -2.34. The van der Waals surface area contributed by atoms with Gasteiger partial charge in [-0.25, -0.2) is 14.8 Å². The van der Waals surface area contributed by atoms with E-state index in [1.165, 1.54) is 17.6 Å². The second-order valence-corrected chi connectivity index (χ2v) is 16.3. The number of benzene rings is 2. The van der Waals surface area contributed by atoms with Crippen molar-refractivity contribution in [3.8, 4) is 28.4 Å². The molecule has 0 radical (unpaired) electrons. The van der Waals surface area contributed by atoms with Crippen molar-refractivity contribution in [2.45, 2.75) is 77.0 Å². The number of fused-ring (bicyclic) bond motifs is 5. The van der Waals surface area contributed by atoms with Gasteiger partial charge in [-0.2, -0.15) is 0 Å². The normalized spacial score (nSPS) is 17.0. The zero-order valence-electron chi connectivity index (χ0n) is 34.6. The van der Waals surface area contributed by atoms with Crippen LogP contribution in [0.3, 0.4) is 0 Å². The molecular formula is C44H49BN6O10. The molecule has 6 N–H and O–H groups in total. The van der Waals surface area contributed by atoms with Gasteiger partial charge in [0.1, 0.15) is 24.1 Å². The second-order valence-electron chi connectivity index (χ2n) is 16.3. The third-order valence-electron chi connectivity index (χ3n) is 11.0. The Bertz CT molecular complexity index is 2550. The molecule has 61 heavy (non-hydrogen) atoms. The quantitative estimate of drug-likeness (QED) is 0.0648. The van der Waals surface area contributed by atoms with Gasteiger partial charge in [0.05, 0.1) is 46.8 Å². The van der Waals surface area contributed by atoms with E-state index in [0.717, 1.165) is 16.5 Å². The number of aromatic hydroxyl groups is 1. The summed E-state index contributed by atoms with van der Waals surface area (Å²) in [6, 6.07) is 19.4. The number of amides is 2. The molecule has 0 saturated carbocycles. The number of phenols is 1. The van der Waals surface area contributed by atoms with Crippen LogP contribution in [0.25, 0.3) is 33.5 Å². The maximum absolute atomic E-state index is 14.0. The molecule has 5 heterocycles. The average molecular weight is 833 g/mol. The molecule has 0 saturated heterocycles. The number of ether oxygens (including phenoxy) is 1. The largest absolute Gasteiger partial charge is 0.508 e. The van der Waals surface area contributed by atoms with Gasteiger partial charge < -0.3 is 49.8 Å². The first kappa shape index (κ1) is 43.1. The van der Waals surface area contributed by atoms with E-state index in [2.05, 4.69) is 15.6 Å². The summed E-state index contributed by atoms with van der Waals surface area (Å²) in [5, 5.41) is 50.5. The SMILES string of the molecule is CC(C)C[C@H](NC(=O)[C@@H](NC(=O)c1cccc(-c2ccccc2)n1)[C@@H](C)O)B(O)OCC[C@@]1(O)C(=O)OCc2c1cc1n(c2=O)Cc2cc3c(CN(C)C)c(O)ccc3nc2-1. The molecule has 16 nitrogen and oxygen atoms in total. The minimum absolute atomic E-state index is 0.0274. The van der Waals surface area contributed by atoms with Gasteiger partial charge in [-0.3, -0.25) is 14.4 Å². The lowest BCUT2D eigenvalue weighted by molar-refractivity contribution is -0.173. The maximum atomic E-state index is 14.0. The molecule has 0 aliphatic carbocycles. The number of rotatable bonds is 15. The van der Waals surface area contributed by atoms with Gasteiger partial charge in [-0.05, 0) is 69.8 Å². The van der Waals surface area contributed by atoms with Gasteiger partial charge in [0, 0.05) is 47.2 Å². The molecule has 2 aliphatic rings. The predicted molar refractivity (Wildman–Crippen MR) is 226 cm³/mol. The monoisotopic (exact) mass is 832 g/mol. The zero-order valence-corrected chi connectivity index (χ0v) is 34.6. The highest BCUT2D eigenvalue weighted by Gasteiger charge is 2.47. The summed E-state index contributed by atoms with van der Waals surface area (Å²) in [6.07, 6.45) is -1.55. The van der Waals surface area contributed by atoms with Crippen molar-refractivity contribution in [1.29, 1.82) is 0 Å². The Morgan fingerprint density at radius 2 is 1.77 bits per heavy atom. The van der Waals surface area contributed by atoms with Crippen LogP contribution < -0.4 is 16.2 Å². The number of hydrogen-bond donors (Lipinski definition) is 6. The third-order valence-corrected chi connectivity index (χ3v) is 11.0. The molecule has 2 aliphatic heterocycles. The number of carbonyl (C=O) groups is 3. The topological polar surface area (TPSA) is 226 Å². The Morgan fingerprint density at radius 3 is 2.48 bits per heavy atom. The van der Waals surface area contributed by atoms with Crippen molar-refractivity contribution >= 4 is 35.8 Å². The fourth-order valence-electron chi connectivity index (χ4n) is 7.91. The van der Waals surface area contributed by atoms with Crippen molar-refractivity contribution in [2.75, 3.05) is 20.7 Å². The van der Waals surface area contributed by atoms with E-state index in [1.807, 2.05) is 69.2 Å². The number of carbonyl (C=O) groups excluding carboxylic acids is 3. The average Bonchev–Trinajstić information content (AvgIpc) is 3.59. The Hall–Kier alpha value is -5.98. The van der Waals surface area contributed by atoms with Crippen LogP contribution in [0.2, 0.25) is 0 Å². The van der Waals surface area contributed by atoms with E-state index in [9.17, 15) is 39.5 Å². The first-order valence-electron chi connectivity index (χ1n) is 20.1. The molecule has 2 amide bonds. The summed E-state index contributed by atoms with van der Waals surface area (Å²) in [5.74, 6) is -3.47. The highest BCUT2D eigenvalue weighted by Crippen LogP contribution is 2.40. The van der Waals surface area contributed by atoms with E-state index in [4.69, 9.17) is 14.4 Å². The van der Waals surface area contributed by atoms with E-state index in [0.29, 0.717) is 34.7 Å². The van der Waals surface area contributed by atoms with Crippen LogP contribution in [0.15, 0.2) is 77.6 Å². The maximum Gasteiger partial charge on any atom is 0.478 e. The lowest BCUT2D eigenvalue weighted by atomic mass is 9.74. The van der Waals surface area contributed by atoms with Gasteiger partial charge in [0.15, 0.2) is 5.60 Å². The number of aromatic nitrogens is 3. The highest BCUT2D eigenvalue weighted by molar-refractivity contribution is 6.45. The number of aliphatic hydroxyl groups is 2. The third kappa shape index (κ3) is 8.78. The van der Waals surface area contributed by atoms with Crippen molar-refractivity contribution in [3.05, 3.63) is 111 Å². The van der Waals surface area contributed by atoms with Crippen LogP contribution in [0.4, 0.5) is 0 Å². The summed E-state index contributed by atoms with van der Waals surface area (Å²) in [6.45, 7) is 4.94. The summed E-state index contributed by atoms with van der Waals surface area (Å²) in [7, 11) is 2.12. The van der Waals surface area contributed by atoms with Crippen molar-refractivity contribution < 1.29 is 44.1 Å². The molecule has 17 heteroatoms. The molecule has 0 bridgehead atoms. The number of esters is 1. The Morgan fingerprint density at radius 1 is 1.02 bits per heavy atom. The molecule has 0 fully saturated rings. The van der Waals surface area contributed by atoms with Gasteiger partial charge in [0.25, 0.3) is 11.5 Å². The predicted octanol–water partition coefficient (Wildman–Crippen LogP) is 2.64. The smallest absolute Gasteiger partial charge is 0.478 e. The number of nitrogens with one attached hydrogen (secondary N) is 2. The van der Waals surface area contributed by atoms with Crippen LogP contribution in [0, 0.1) is 5.92 Å². The Labute approximate surface area is 352 Å². The minimum Gasteiger partial charge on any atom is -0.508 e. The first-order chi connectivity index (χ1) is 29.0. The van der Waals surface area contributed by atoms with Crippen LogP contribution >= 0.6 is 0 Å². The number of hydrogen-bond acceptors (Lipinski definition) is 13. The van der Waals surface area contributed by atoms with E-state index in [1.54, 1.807) is 30.3 Å². The summed E-state index contributed by atoms with van der Waals surface area (Å²) in [4.78, 5) is 65.4. The number of pyridine rings is 3. The van der Waals surface area contributed by atoms with Crippen LogP contribution in [-0.4, -0.2) is 103 Å². The van der Waals surface area contributed by atoms with Crippen LogP contribution in [0.5, 0.6) is 5.75 Å². The number of phenolic OH excluding ortho intramolecular Hbond substituents is 1. The van der Waals surface area contributed by atoms with Crippen LogP contribution in [0.1, 0.15) is 66.4 Å². The number of aliphatic hydroxyl groups excluding tert-OH is 1. The van der Waals surface area contributed by atoms with E-state index < -0.39 is 67.2 Å². The second kappa shape index (κ2) is 17.6. The molecule has 0 unspecified atom stereocenters. The first-order valence-corrected chi connectivity index (χ1v) is 20.1. The summed E-state index contributed by atoms with van der Waals surface area (Å²) in [5.41, 5.74) is 1.61. The van der Waals surface area contributed by atoms with E-state index in [-0.39, 0.29) is 48.1 Å². The number of nitrogens with zero attached hydrogens (tertiary/aromatic N) is 4. The standard InChI is InChI=1S/C44H49BN6O10/c1-24(2)18-37(48-41(55)38(25(3)52)49-40(54)34-13-9-12-32(46-34)26-10-7-6-8-11-26)45(59)61-17-16-44(58)31-20-35-39-27(21-51(35)42(56)30(31)23-60-43(44)57)19-28-29(22-50(4)5)36(53)15-14-33(28)47-39/h6-15,19-20,24-25,37-38,52-53,58-59H,16-18,21-23H2,1-5H3,(H,48,55)(H,49,54)/t25-,37+,38+,44+/m1/s1. The molecule has 3 aromatic heterocycles. The van der Waals surface area contributed by atoms with Gasteiger partial charge in [-0.1, -0.05) is 50.2 Å². The lowest BCUT2D eigenvalue weighted by Gasteiger charge is -2.33. The van der Waals surface area contributed by atoms with Crippen molar-refractivity contribution in [3.63, 3.8) is 0 Å². The Balaban J connectivity index is 1.07. The van der Waals surface area contributed by atoms with Gasteiger partial charge in [0.2, 0.25) is 5.91 Å². The Kier molecular flexibility index (Phi) is 12.4. The fourth-order valence-corrected chi connectivity index (χ4v) is 7.91. The molecule has 318 valence electrons. The molecule has 2 aromatic carbocycles. The van der Waals surface area contributed by atoms with Gasteiger partial charge in [-0.15, -0.1) is 0 Å². The molecular weight excluding hydrogens is 783 g/mol. The highest BCUT2D eigenvalue weighted by atomic mass is 16.6. The molecule has 7 rings (SSSR count). The zero-order chi connectivity index (χ0) is 43.7. The fraction of sp³-hybridized carbons (Fsp3) is 0.364. The molecule has 5 aromatic rings. The molecule has 4 atom stereocenters. The number of cyclic esters (lactones) is 1.